The Labute approximate surface area is 133 Å². The third kappa shape index (κ3) is 2.48. The highest BCUT2D eigenvalue weighted by Crippen LogP contribution is 2.33. The first-order valence-electron chi connectivity index (χ1n) is 7.95. The van der Waals surface area contributed by atoms with Crippen LogP contribution in [0.5, 0.6) is 0 Å². The van der Waals surface area contributed by atoms with Gasteiger partial charge in [0.2, 0.25) is 0 Å². The lowest BCUT2D eigenvalue weighted by molar-refractivity contribution is -0.384. The van der Waals surface area contributed by atoms with Gasteiger partial charge in [-0.25, -0.2) is 4.79 Å². The van der Waals surface area contributed by atoms with Crippen LogP contribution in [-0.4, -0.2) is 40.2 Å². The molecule has 124 valence electrons. The summed E-state index contributed by atoms with van der Waals surface area (Å²) in [5, 5.41) is 14.8. The number of anilines is 1. The second-order valence-electron chi connectivity index (χ2n) is 5.59. The highest BCUT2D eigenvalue weighted by molar-refractivity contribution is 5.86. The standard InChI is InChI=1S/C15H21N5O3/c1-3-18-12-9-11(17-7-5-16-6-8-17)14(20(22)23)10-13(12)19(4-2)15(18)21/h9-10,16H,3-8H2,1-2H3. The Hall–Kier alpha value is -2.35. The van der Waals surface area contributed by atoms with Crippen LogP contribution in [0, 0.1) is 10.1 Å². The molecule has 1 saturated heterocycles. The molecule has 1 aliphatic rings. The van der Waals surface area contributed by atoms with Crippen molar-refractivity contribution < 1.29 is 4.92 Å². The van der Waals surface area contributed by atoms with E-state index >= 15 is 0 Å². The van der Waals surface area contributed by atoms with Gasteiger partial charge < -0.3 is 10.2 Å². The molecule has 1 aliphatic heterocycles. The first-order chi connectivity index (χ1) is 11.1. The Kier molecular flexibility index (Phi) is 4.08. The highest BCUT2D eigenvalue weighted by atomic mass is 16.6. The number of piperazine rings is 1. The molecule has 1 fully saturated rings. The Morgan fingerprint density at radius 3 is 2.22 bits per heavy atom. The van der Waals surface area contributed by atoms with Crippen LogP contribution in [0.15, 0.2) is 16.9 Å². The number of hydrogen-bond acceptors (Lipinski definition) is 5. The van der Waals surface area contributed by atoms with Gasteiger partial charge in [0.15, 0.2) is 0 Å². The molecule has 1 aromatic carbocycles. The van der Waals surface area contributed by atoms with E-state index < -0.39 is 0 Å². The van der Waals surface area contributed by atoms with Crippen molar-refractivity contribution in [2.75, 3.05) is 31.1 Å². The number of rotatable bonds is 4. The lowest BCUT2D eigenvalue weighted by Crippen LogP contribution is -2.43. The molecule has 0 bridgehead atoms. The zero-order valence-electron chi connectivity index (χ0n) is 13.4. The summed E-state index contributed by atoms with van der Waals surface area (Å²) in [5.74, 6) is 0. The predicted octanol–water partition coefficient (Wildman–Crippen LogP) is 1.16. The van der Waals surface area contributed by atoms with Crippen LogP contribution >= 0.6 is 0 Å². The molecule has 8 nitrogen and oxygen atoms in total. The quantitative estimate of drug-likeness (QED) is 0.675. The second-order valence-corrected chi connectivity index (χ2v) is 5.59. The van der Waals surface area contributed by atoms with E-state index in [1.807, 2.05) is 18.7 Å². The minimum absolute atomic E-state index is 0.0647. The average Bonchev–Trinajstić information content (AvgIpc) is 2.84. The smallest absolute Gasteiger partial charge is 0.329 e. The van der Waals surface area contributed by atoms with E-state index in [1.54, 1.807) is 21.3 Å². The van der Waals surface area contributed by atoms with Crippen LogP contribution in [-0.2, 0) is 13.1 Å². The third-order valence-electron chi connectivity index (χ3n) is 4.40. The van der Waals surface area contributed by atoms with Crippen LogP contribution in [0.1, 0.15) is 13.8 Å². The van der Waals surface area contributed by atoms with E-state index in [1.165, 1.54) is 0 Å². The Bertz CT molecular complexity index is 802. The fourth-order valence-electron chi connectivity index (χ4n) is 3.26. The molecule has 0 radical (unpaired) electrons. The van der Waals surface area contributed by atoms with E-state index in [2.05, 4.69) is 5.32 Å². The van der Waals surface area contributed by atoms with Crippen molar-refractivity contribution in [3.05, 3.63) is 32.7 Å². The van der Waals surface area contributed by atoms with Crippen molar-refractivity contribution in [2.24, 2.45) is 0 Å². The molecule has 2 aromatic rings. The Morgan fingerprint density at radius 1 is 1.13 bits per heavy atom. The molecule has 0 unspecified atom stereocenters. The summed E-state index contributed by atoms with van der Waals surface area (Å²) >= 11 is 0. The van der Waals surface area contributed by atoms with Crippen LogP contribution in [0.3, 0.4) is 0 Å². The third-order valence-corrected chi connectivity index (χ3v) is 4.40. The van der Waals surface area contributed by atoms with Crippen LogP contribution in [0.25, 0.3) is 11.0 Å². The van der Waals surface area contributed by atoms with E-state index in [0.717, 1.165) is 31.7 Å². The van der Waals surface area contributed by atoms with Gasteiger partial charge in [0.25, 0.3) is 5.69 Å². The molecule has 0 aliphatic carbocycles. The van der Waals surface area contributed by atoms with Crippen LogP contribution in [0.4, 0.5) is 11.4 Å². The number of fused-ring (bicyclic) bond motifs is 1. The zero-order valence-corrected chi connectivity index (χ0v) is 13.4. The number of nitrogens with one attached hydrogen (secondary N) is 1. The molecule has 8 heteroatoms. The lowest BCUT2D eigenvalue weighted by Gasteiger charge is -2.29. The molecule has 3 rings (SSSR count). The summed E-state index contributed by atoms with van der Waals surface area (Å²) in [5.41, 5.74) is 1.94. The van der Waals surface area contributed by atoms with Crippen LogP contribution in [0.2, 0.25) is 0 Å². The van der Waals surface area contributed by atoms with Crippen molar-refractivity contribution in [1.29, 1.82) is 0 Å². The predicted molar refractivity (Wildman–Crippen MR) is 89.3 cm³/mol. The molecule has 0 spiro atoms. The number of nitro benzene ring substituents is 1. The van der Waals surface area contributed by atoms with Gasteiger partial charge in [0.1, 0.15) is 5.69 Å². The van der Waals surface area contributed by atoms with Gasteiger partial charge in [-0.2, -0.15) is 0 Å². The van der Waals surface area contributed by atoms with Crippen molar-refractivity contribution in [1.82, 2.24) is 14.5 Å². The summed E-state index contributed by atoms with van der Waals surface area (Å²) in [6.07, 6.45) is 0. The highest BCUT2D eigenvalue weighted by Gasteiger charge is 2.25. The van der Waals surface area contributed by atoms with E-state index in [4.69, 9.17) is 0 Å². The molecule has 0 saturated carbocycles. The number of hydrogen-bond donors (Lipinski definition) is 1. The Morgan fingerprint density at radius 2 is 1.70 bits per heavy atom. The topological polar surface area (TPSA) is 85.3 Å². The Balaban J connectivity index is 2.28. The number of imidazole rings is 1. The first-order valence-corrected chi connectivity index (χ1v) is 7.95. The summed E-state index contributed by atoms with van der Waals surface area (Å²) < 4.78 is 3.27. The van der Waals surface area contributed by atoms with Crippen molar-refractivity contribution in [3.63, 3.8) is 0 Å². The van der Waals surface area contributed by atoms with Gasteiger partial charge in [0.05, 0.1) is 16.0 Å². The summed E-state index contributed by atoms with van der Waals surface area (Å²) in [7, 11) is 0. The van der Waals surface area contributed by atoms with Gasteiger partial charge in [-0.15, -0.1) is 0 Å². The fourth-order valence-corrected chi connectivity index (χ4v) is 3.26. The lowest BCUT2D eigenvalue weighted by atomic mass is 10.2. The first kappa shape index (κ1) is 15.5. The number of aromatic nitrogens is 2. The normalized spacial score (nSPS) is 15.3. The minimum atomic E-state index is -0.357. The van der Waals surface area contributed by atoms with E-state index in [0.29, 0.717) is 24.3 Å². The molecule has 2 heterocycles. The van der Waals surface area contributed by atoms with Gasteiger partial charge in [-0.1, -0.05) is 0 Å². The minimum Gasteiger partial charge on any atom is -0.363 e. The molecule has 23 heavy (non-hydrogen) atoms. The summed E-state index contributed by atoms with van der Waals surface area (Å²) in [6.45, 7) is 7.85. The maximum atomic E-state index is 12.5. The van der Waals surface area contributed by atoms with Gasteiger partial charge in [-0.05, 0) is 19.9 Å². The van der Waals surface area contributed by atoms with E-state index in [-0.39, 0.29) is 16.3 Å². The number of nitro groups is 1. The second kappa shape index (κ2) is 6.04. The maximum Gasteiger partial charge on any atom is 0.329 e. The molecule has 1 aromatic heterocycles. The number of aryl methyl sites for hydroxylation is 2. The molecular weight excluding hydrogens is 298 g/mol. The molecular formula is C15H21N5O3. The largest absolute Gasteiger partial charge is 0.363 e. The average molecular weight is 319 g/mol. The monoisotopic (exact) mass is 319 g/mol. The molecule has 0 atom stereocenters. The van der Waals surface area contributed by atoms with Crippen molar-refractivity contribution >= 4 is 22.4 Å². The number of benzene rings is 1. The van der Waals surface area contributed by atoms with Crippen molar-refractivity contribution in [3.8, 4) is 0 Å². The summed E-state index contributed by atoms with van der Waals surface area (Å²) in [4.78, 5) is 25.6. The molecule has 0 amide bonds. The van der Waals surface area contributed by atoms with Crippen LogP contribution < -0.4 is 15.9 Å². The van der Waals surface area contributed by atoms with E-state index in [9.17, 15) is 14.9 Å². The van der Waals surface area contributed by atoms with Gasteiger partial charge >= 0.3 is 5.69 Å². The fraction of sp³-hybridized carbons (Fsp3) is 0.533. The van der Waals surface area contributed by atoms with Crippen molar-refractivity contribution in [2.45, 2.75) is 26.9 Å². The maximum absolute atomic E-state index is 12.5. The molecule has 1 N–H and O–H groups in total. The van der Waals surface area contributed by atoms with Gasteiger partial charge in [-0.3, -0.25) is 19.2 Å². The number of nitrogens with zero attached hydrogens (tertiary/aromatic N) is 4. The van der Waals surface area contributed by atoms with Gasteiger partial charge in [0, 0.05) is 45.3 Å². The zero-order chi connectivity index (χ0) is 16.6. The summed E-state index contributed by atoms with van der Waals surface area (Å²) in [6, 6.07) is 3.35. The SMILES string of the molecule is CCn1c(=O)n(CC)c2cc([N+](=O)[O-])c(N3CCNCC3)cc21.